The number of alkyl halides is 3. The lowest BCUT2D eigenvalue weighted by Crippen LogP contribution is -2.20. The number of hydrogen-bond acceptors (Lipinski definition) is 4. The molecular weight excluding hydrogens is 359 g/mol. The molecule has 1 heterocycles. The van der Waals surface area contributed by atoms with Crippen LogP contribution in [-0.4, -0.2) is 25.0 Å². The van der Waals surface area contributed by atoms with Crippen molar-refractivity contribution in [1.29, 1.82) is 0 Å². The quantitative estimate of drug-likeness (QED) is 0.623. The standard InChI is InChI=1S/C19H18F3N3O2/c1-3-16(12-4-9-17-13(10-12)11-18(26)25(17)2)24-23-14-5-7-15(8-6-14)27-19(20,21)22/h4-10,23H,3,11H2,1-2H3. The summed E-state index contributed by atoms with van der Waals surface area (Å²) in [6.45, 7) is 1.95. The van der Waals surface area contributed by atoms with E-state index in [0.29, 0.717) is 18.5 Å². The minimum absolute atomic E-state index is 0.0522. The monoisotopic (exact) mass is 377 g/mol. The van der Waals surface area contributed by atoms with E-state index in [1.165, 1.54) is 24.3 Å². The zero-order valence-corrected chi connectivity index (χ0v) is 14.8. The van der Waals surface area contributed by atoms with Crippen molar-refractivity contribution in [2.24, 2.45) is 5.10 Å². The van der Waals surface area contributed by atoms with Gasteiger partial charge in [0.05, 0.1) is 17.8 Å². The van der Waals surface area contributed by atoms with Gasteiger partial charge in [0.2, 0.25) is 5.91 Å². The Bertz CT molecular complexity index is 877. The Labute approximate surface area is 154 Å². The zero-order chi connectivity index (χ0) is 19.6. The summed E-state index contributed by atoms with van der Waals surface area (Å²) >= 11 is 0. The fourth-order valence-corrected chi connectivity index (χ4v) is 2.86. The number of carbonyl (C=O) groups is 1. The maximum Gasteiger partial charge on any atom is 0.573 e. The van der Waals surface area contributed by atoms with Crippen LogP contribution < -0.4 is 15.1 Å². The van der Waals surface area contributed by atoms with Gasteiger partial charge in [0.15, 0.2) is 0 Å². The number of carbonyl (C=O) groups excluding carboxylic acids is 1. The first kappa shape index (κ1) is 18.8. The van der Waals surface area contributed by atoms with Crippen molar-refractivity contribution >= 4 is 23.0 Å². The molecular formula is C19H18F3N3O2. The maximum atomic E-state index is 12.2. The zero-order valence-electron chi connectivity index (χ0n) is 14.8. The van der Waals surface area contributed by atoms with E-state index in [0.717, 1.165) is 22.5 Å². The van der Waals surface area contributed by atoms with Gasteiger partial charge in [0.1, 0.15) is 5.75 Å². The van der Waals surface area contributed by atoms with Crippen LogP contribution in [0.4, 0.5) is 24.5 Å². The highest BCUT2D eigenvalue weighted by molar-refractivity contribution is 6.05. The van der Waals surface area contributed by atoms with E-state index >= 15 is 0 Å². The third-order valence-corrected chi connectivity index (χ3v) is 4.23. The molecule has 0 radical (unpaired) electrons. The first-order chi connectivity index (χ1) is 12.8. The van der Waals surface area contributed by atoms with Gasteiger partial charge in [-0.15, -0.1) is 13.2 Å². The number of ether oxygens (including phenoxy) is 1. The second-order valence-electron chi connectivity index (χ2n) is 6.07. The lowest BCUT2D eigenvalue weighted by Gasteiger charge is -2.12. The van der Waals surface area contributed by atoms with Crippen molar-refractivity contribution in [2.75, 3.05) is 17.4 Å². The molecule has 1 aliphatic heterocycles. The van der Waals surface area contributed by atoms with E-state index in [9.17, 15) is 18.0 Å². The molecule has 142 valence electrons. The Morgan fingerprint density at radius 2 is 1.93 bits per heavy atom. The van der Waals surface area contributed by atoms with E-state index < -0.39 is 6.36 Å². The van der Waals surface area contributed by atoms with Gasteiger partial charge in [-0.2, -0.15) is 5.10 Å². The molecule has 2 aromatic carbocycles. The highest BCUT2D eigenvalue weighted by Crippen LogP contribution is 2.29. The number of nitrogens with zero attached hydrogens (tertiary/aromatic N) is 2. The van der Waals surface area contributed by atoms with Crippen LogP contribution in [0, 0.1) is 0 Å². The molecule has 1 amide bonds. The Morgan fingerprint density at radius 1 is 1.22 bits per heavy atom. The SMILES string of the molecule is CCC(=NNc1ccc(OC(F)(F)F)cc1)c1ccc2c(c1)CC(=O)N2C. The summed E-state index contributed by atoms with van der Waals surface area (Å²) in [5, 5.41) is 4.36. The van der Waals surface area contributed by atoms with Gasteiger partial charge in [-0.3, -0.25) is 10.2 Å². The number of rotatable bonds is 5. The average Bonchev–Trinajstić information content (AvgIpc) is 2.89. The Morgan fingerprint density at radius 3 is 2.56 bits per heavy atom. The predicted octanol–water partition coefficient (Wildman–Crippen LogP) is 4.33. The van der Waals surface area contributed by atoms with Gasteiger partial charge < -0.3 is 9.64 Å². The van der Waals surface area contributed by atoms with Gasteiger partial charge in [-0.05, 0) is 53.9 Å². The van der Waals surface area contributed by atoms with Crippen LogP contribution in [0.25, 0.3) is 0 Å². The van der Waals surface area contributed by atoms with Crippen molar-refractivity contribution in [3.63, 3.8) is 0 Å². The van der Waals surface area contributed by atoms with E-state index in [4.69, 9.17) is 0 Å². The number of hydrogen-bond donors (Lipinski definition) is 1. The molecule has 0 aliphatic carbocycles. The van der Waals surface area contributed by atoms with Crippen molar-refractivity contribution in [3.05, 3.63) is 53.6 Å². The number of anilines is 2. The molecule has 0 spiro atoms. The smallest absolute Gasteiger partial charge is 0.406 e. The van der Waals surface area contributed by atoms with Gasteiger partial charge in [0, 0.05) is 12.7 Å². The summed E-state index contributed by atoms with van der Waals surface area (Å²) < 4.78 is 40.4. The van der Waals surface area contributed by atoms with Crippen LogP contribution in [0.5, 0.6) is 5.75 Å². The summed E-state index contributed by atoms with van der Waals surface area (Å²) in [6, 6.07) is 11.1. The second-order valence-corrected chi connectivity index (χ2v) is 6.07. The topological polar surface area (TPSA) is 53.9 Å². The number of halogens is 3. The molecule has 5 nitrogen and oxygen atoms in total. The molecule has 27 heavy (non-hydrogen) atoms. The first-order valence-corrected chi connectivity index (χ1v) is 8.35. The highest BCUT2D eigenvalue weighted by Gasteiger charge is 2.31. The Balaban J connectivity index is 1.74. The normalized spacial score (nSPS) is 14.3. The van der Waals surface area contributed by atoms with Gasteiger partial charge in [-0.1, -0.05) is 13.0 Å². The van der Waals surface area contributed by atoms with Crippen LogP contribution in [0.3, 0.4) is 0 Å². The molecule has 0 unspecified atom stereocenters. The van der Waals surface area contributed by atoms with Crippen molar-refractivity contribution in [1.82, 2.24) is 0 Å². The molecule has 0 fully saturated rings. The third kappa shape index (κ3) is 4.39. The second kappa shape index (κ2) is 7.30. The minimum Gasteiger partial charge on any atom is -0.406 e. The Hall–Kier alpha value is -3.03. The fraction of sp³-hybridized carbons (Fsp3) is 0.263. The highest BCUT2D eigenvalue weighted by atomic mass is 19.4. The molecule has 0 atom stereocenters. The summed E-state index contributed by atoms with van der Waals surface area (Å²) in [5.41, 5.74) is 6.89. The Kier molecular flexibility index (Phi) is 5.07. The molecule has 8 heteroatoms. The van der Waals surface area contributed by atoms with Crippen molar-refractivity contribution < 1.29 is 22.7 Å². The molecule has 1 aliphatic rings. The number of hydrazone groups is 1. The summed E-state index contributed by atoms with van der Waals surface area (Å²) in [5.74, 6) is -0.239. The fourth-order valence-electron chi connectivity index (χ4n) is 2.86. The molecule has 0 bridgehead atoms. The van der Waals surface area contributed by atoms with Crippen molar-refractivity contribution in [3.8, 4) is 5.75 Å². The van der Waals surface area contributed by atoms with Crippen LogP contribution in [0.1, 0.15) is 24.5 Å². The predicted molar refractivity (Wildman–Crippen MR) is 97.1 cm³/mol. The molecule has 0 aromatic heterocycles. The van der Waals surface area contributed by atoms with Crippen molar-refractivity contribution in [2.45, 2.75) is 26.1 Å². The number of amides is 1. The molecule has 2 aromatic rings. The number of fused-ring (bicyclic) bond motifs is 1. The van der Waals surface area contributed by atoms with Gasteiger partial charge in [-0.25, -0.2) is 0 Å². The molecule has 3 rings (SSSR count). The summed E-state index contributed by atoms with van der Waals surface area (Å²) in [7, 11) is 1.75. The first-order valence-electron chi connectivity index (χ1n) is 8.35. The molecule has 0 saturated carbocycles. The van der Waals surface area contributed by atoms with Crippen LogP contribution in [0.15, 0.2) is 47.6 Å². The minimum atomic E-state index is -4.72. The third-order valence-electron chi connectivity index (χ3n) is 4.23. The maximum absolute atomic E-state index is 12.2. The van der Waals surface area contributed by atoms with E-state index in [2.05, 4.69) is 15.3 Å². The number of benzene rings is 2. The van der Waals surface area contributed by atoms with Crippen LogP contribution >= 0.6 is 0 Å². The molecule has 0 saturated heterocycles. The lowest BCUT2D eigenvalue weighted by atomic mass is 10.0. The van der Waals surface area contributed by atoms with Gasteiger partial charge >= 0.3 is 6.36 Å². The number of likely N-dealkylation sites (N-methyl/N-ethyl adjacent to an activating group) is 1. The summed E-state index contributed by atoms with van der Waals surface area (Å²) in [4.78, 5) is 13.4. The average molecular weight is 377 g/mol. The summed E-state index contributed by atoms with van der Waals surface area (Å²) in [6.07, 6.45) is -3.71. The number of nitrogens with one attached hydrogen (secondary N) is 1. The molecule has 1 N–H and O–H groups in total. The largest absolute Gasteiger partial charge is 0.573 e. The van der Waals surface area contributed by atoms with E-state index in [-0.39, 0.29) is 11.7 Å². The van der Waals surface area contributed by atoms with E-state index in [1.54, 1.807) is 11.9 Å². The van der Waals surface area contributed by atoms with Crippen LogP contribution in [0.2, 0.25) is 0 Å². The lowest BCUT2D eigenvalue weighted by molar-refractivity contribution is -0.274. The van der Waals surface area contributed by atoms with E-state index in [1.807, 2.05) is 25.1 Å². The van der Waals surface area contributed by atoms with Crippen LogP contribution in [-0.2, 0) is 11.2 Å². The van der Waals surface area contributed by atoms with Gasteiger partial charge in [0.25, 0.3) is 0 Å².